The lowest BCUT2D eigenvalue weighted by molar-refractivity contribution is 0.225. The van der Waals surface area contributed by atoms with Crippen LogP contribution in [-0.4, -0.2) is 13.2 Å². The molecule has 0 spiro atoms. The highest BCUT2D eigenvalue weighted by molar-refractivity contribution is 7.55. The number of anilines is 1. The molecule has 0 unspecified atom stereocenters. The molecule has 0 atom stereocenters. The second kappa shape index (κ2) is 6.66. The number of nitrogens with one attached hydrogen (secondary N) is 1. The van der Waals surface area contributed by atoms with Crippen molar-refractivity contribution in [2.24, 2.45) is 0 Å². The quantitative estimate of drug-likeness (QED) is 0.595. The van der Waals surface area contributed by atoms with E-state index in [0.29, 0.717) is 10.7 Å². The van der Waals surface area contributed by atoms with Crippen molar-refractivity contribution in [3.8, 4) is 11.1 Å². The van der Waals surface area contributed by atoms with Gasteiger partial charge in [-0.2, -0.15) is 0 Å². The van der Waals surface area contributed by atoms with Gasteiger partial charge in [-0.25, -0.2) is 4.57 Å². The van der Waals surface area contributed by atoms with Crippen LogP contribution in [0.3, 0.4) is 0 Å². The van der Waals surface area contributed by atoms with Crippen molar-refractivity contribution in [3.63, 3.8) is 0 Å². The van der Waals surface area contributed by atoms with Gasteiger partial charge in [0.2, 0.25) is 0 Å². The molecule has 0 saturated heterocycles. The van der Waals surface area contributed by atoms with Gasteiger partial charge >= 0.3 is 7.75 Å². The zero-order chi connectivity index (χ0) is 16.4. The summed E-state index contributed by atoms with van der Waals surface area (Å²) in [6, 6.07) is 12.1. The largest absolute Gasteiger partial charge is 0.432 e. The lowest BCUT2D eigenvalue weighted by Crippen LogP contribution is -2.05. The Balaban J connectivity index is 1.94. The Kier molecular flexibility index (Phi) is 4.79. The summed E-state index contributed by atoms with van der Waals surface area (Å²) in [6.45, 7) is 4.12. The molecule has 1 aliphatic rings. The highest BCUT2D eigenvalue weighted by atomic mass is 35.5. The van der Waals surface area contributed by atoms with Crippen LogP contribution in [-0.2, 0) is 20.0 Å². The molecule has 2 aromatic carbocycles. The van der Waals surface area contributed by atoms with E-state index in [1.54, 1.807) is 13.8 Å². The minimum absolute atomic E-state index is 0.290. The zero-order valence-corrected chi connectivity index (χ0v) is 14.8. The van der Waals surface area contributed by atoms with Gasteiger partial charge in [0.15, 0.2) is 0 Å². The first-order chi connectivity index (χ1) is 11.1. The average molecular weight is 352 g/mol. The Morgan fingerprint density at radius 2 is 1.78 bits per heavy atom. The average Bonchev–Trinajstić information content (AvgIpc) is 2.85. The zero-order valence-electron chi connectivity index (χ0n) is 13.1. The topological polar surface area (TPSA) is 47.6 Å². The van der Waals surface area contributed by atoms with Crippen molar-refractivity contribution in [3.05, 3.63) is 52.5 Å². The monoisotopic (exact) mass is 351 g/mol. The maximum absolute atomic E-state index is 12.6. The van der Waals surface area contributed by atoms with Gasteiger partial charge in [0.05, 0.1) is 23.9 Å². The molecule has 0 amide bonds. The van der Waals surface area contributed by atoms with E-state index in [0.717, 1.165) is 17.5 Å². The molecule has 23 heavy (non-hydrogen) atoms. The van der Waals surface area contributed by atoms with Gasteiger partial charge < -0.3 is 0 Å². The molecule has 0 bridgehead atoms. The van der Waals surface area contributed by atoms with Crippen LogP contribution in [0.4, 0.5) is 5.69 Å². The Morgan fingerprint density at radius 1 is 1.09 bits per heavy atom. The highest BCUT2D eigenvalue weighted by Crippen LogP contribution is 2.50. The van der Waals surface area contributed by atoms with Gasteiger partial charge in [-0.15, -0.1) is 0 Å². The predicted octanol–water partition coefficient (Wildman–Crippen LogP) is 5.50. The van der Waals surface area contributed by atoms with Crippen LogP contribution < -0.4 is 5.09 Å². The van der Waals surface area contributed by atoms with E-state index in [4.69, 9.17) is 20.6 Å². The fraction of sp³-hybridized carbons (Fsp3) is 0.294. The first kappa shape index (κ1) is 16.5. The first-order valence-corrected chi connectivity index (χ1v) is 9.56. The number of benzene rings is 2. The fourth-order valence-electron chi connectivity index (χ4n) is 2.83. The molecule has 0 fully saturated rings. The van der Waals surface area contributed by atoms with Crippen LogP contribution in [0.25, 0.3) is 11.1 Å². The molecule has 0 aromatic heterocycles. The van der Waals surface area contributed by atoms with E-state index < -0.39 is 7.75 Å². The summed E-state index contributed by atoms with van der Waals surface area (Å²) >= 11 is 6.39. The van der Waals surface area contributed by atoms with Crippen LogP contribution in [0.2, 0.25) is 5.02 Å². The number of rotatable bonds is 6. The van der Waals surface area contributed by atoms with Gasteiger partial charge in [0.25, 0.3) is 0 Å². The van der Waals surface area contributed by atoms with Crippen LogP contribution in [0.5, 0.6) is 0 Å². The van der Waals surface area contributed by atoms with E-state index in [2.05, 4.69) is 17.2 Å². The van der Waals surface area contributed by atoms with Crippen molar-refractivity contribution in [1.29, 1.82) is 0 Å². The minimum atomic E-state index is -3.40. The molecule has 2 aromatic rings. The van der Waals surface area contributed by atoms with Gasteiger partial charge in [-0.1, -0.05) is 35.9 Å². The van der Waals surface area contributed by atoms with Gasteiger partial charge in [0, 0.05) is 0 Å². The summed E-state index contributed by atoms with van der Waals surface area (Å²) in [7, 11) is -3.40. The fourth-order valence-corrected chi connectivity index (χ4v) is 4.47. The van der Waals surface area contributed by atoms with E-state index in [9.17, 15) is 4.57 Å². The molecule has 0 aliphatic heterocycles. The van der Waals surface area contributed by atoms with E-state index in [1.165, 1.54) is 11.1 Å². The smallest absolute Gasteiger partial charge is 0.293 e. The SMILES string of the molecule is CCOP(=O)(Nc1cc2c(cc1Cl)-c1ccccc1C2)OCC. The van der Waals surface area contributed by atoms with Crippen molar-refractivity contribution in [2.75, 3.05) is 18.3 Å². The molecular weight excluding hydrogens is 333 g/mol. The summed E-state index contributed by atoms with van der Waals surface area (Å²) in [4.78, 5) is 0. The molecule has 0 saturated carbocycles. The van der Waals surface area contributed by atoms with Gasteiger partial charge in [-0.3, -0.25) is 14.1 Å². The number of hydrogen-bond acceptors (Lipinski definition) is 3. The van der Waals surface area contributed by atoms with Crippen molar-refractivity contribution in [1.82, 2.24) is 0 Å². The molecule has 4 nitrogen and oxygen atoms in total. The van der Waals surface area contributed by atoms with Crippen LogP contribution in [0.1, 0.15) is 25.0 Å². The van der Waals surface area contributed by atoms with E-state index >= 15 is 0 Å². The number of hydrogen-bond donors (Lipinski definition) is 1. The summed E-state index contributed by atoms with van der Waals surface area (Å²) in [5, 5.41) is 3.36. The third-order valence-corrected chi connectivity index (χ3v) is 5.76. The predicted molar refractivity (Wildman–Crippen MR) is 94.2 cm³/mol. The summed E-state index contributed by atoms with van der Waals surface area (Å²) in [5.74, 6) is 0. The molecular formula is C17H19ClNO3P. The van der Waals surface area contributed by atoms with Crippen LogP contribution in [0, 0.1) is 0 Å². The van der Waals surface area contributed by atoms with Crippen LogP contribution in [0.15, 0.2) is 36.4 Å². The van der Waals surface area contributed by atoms with Crippen molar-refractivity contribution in [2.45, 2.75) is 20.3 Å². The molecule has 122 valence electrons. The third kappa shape index (κ3) is 3.31. The number of fused-ring (bicyclic) bond motifs is 3. The van der Waals surface area contributed by atoms with Gasteiger partial charge in [-0.05, 0) is 54.7 Å². The lowest BCUT2D eigenvalue weighted by atomic mass is 10.1. The third-order valence-electron chi connectivity index (χ3n) is 3.74. The minimum Gasteiger partial charge on any atom is -0.293 e. The van der Waals surface area contributed by atoms with Crippen LogP contribution >= 0.6 is 19.3 Å². The highest BCUT2D eigenvalue weighted by Gasteiger charge is 2.27. The Bertz CT molecular complexity index is 768. The Hall–Kier alpha value is -1.32. The second-order valence-corrected chi connectivity index (χ2v) is 7.41. The van der Waals surface area contributed by atoms with Gasteiger partial charge in [0.1, 0.15) is 0 Å². The molecule has 1 aliphatic carbocycles. The second-order valence-electron chi connectivity index (χ2n) is 5.27. The summed E-state index contributed by atoms with van der Waals surface area (Å²) in [6.07, 6.45) is 0.838. The maximum Gasteiger partial charge on any atom is 0.432 e. The Morgan fingerprint density at radius 3 is 2.48 bits per heavy atom. The molecule has 3 rings (SSSR count). The standard InChI is InChI=1S/C17H19ClNO3P/c1-3-21-23(20,22-4-2)19-17-10-13-9-12-7-5-6-8-14(12)15(13)11-16(17)18/h5-8,10-11H,3-4,9H2,1-2H3,(H,19,20). The van der Waals surface area contributed by atoms with Crippen molar-refractivity contribution >= 4 is 25.0 Å². The van der Waals surface area contributed by atoms with E-state index in [-0.39, 0.29) is 13.2 Å². The summed E-state index contributed by atoms with van der Waals surface area (Å²) in [5.41, 5.74) is 5.32. The molecule has 1 N–H and O–H groups in total. The molecule has 6 heteroatoms. The summed E-state index contributed by atoms with van der Waals surface area (Å²) < 4.78 is 23.2. The maximum atomic E-state index is 12.6. The lowest BCUT2D eigenvalue weighted by Gasteiger charge is -2.20. The first-order valence-electron chi connectivity index (χ1n) is 7.64. The normalized spacial score (nSPS) is 12.8. The van der Waals surface area contributed by atoms with Crippen molar-refractivity contribution < 1.29 is 13.6 Å². The Labute approximate surface area is 141 Å². The molecule has 0 radical (unpaired) electrons. The van der Waals surface area contributed by atoms with E-state index in [1.807, 2.05) is 24.3 Å². The molecule has 0 heterocycles. The number of halogens is 1.